The van der Waals surface area contributed by atoms with Crippen molar-refractivity contribution in [1.29, 1.82) is 0 Å². The van der Waals surface area contributed by atoms with Gasteiger partial charge < -0.3 is 10.1 Å². The maximum Gasteiger partial charge on any atom is 0.263 e. The molecule has 1 N–H and O–H groups in total. The zero-order valence-electron chi connectivity index (χ0n) is 15.6. The minimum Gasteiger partial charge on any atom is -0.481 e. The maximum atomic E-state index is 13.6. The zero-order valence-corrected chi connectivity index (χ0v) is 17.1. The molecule has 2 aromatic carbocycles. The number of anilines is 1. The maximum absolute atomic E-state index is 13.6. The van der Waals surface area contributed by atoms with E-state index >= 15 is 0 Å². The summed E-state index contributed by atoms with van der Waals surface area (Å²) in [4.78, 5) is 17.0. The summed E-state index contributed by atoms with van der Waals surface area (Å²) in [6.07, 6.45) is 0. The van der Waals surface area contributed by atoms with Gasteiger partial charge in [-0.15, -0.1) is 0 Å². The van der Waals surface area contributed by atoms with E-state index in [1.54, 1.807) is 22.9 Å². The van der Waals surface area contributed by atoms with Crippen molar-refractivity contribution in [1.82, 2.24) is 14.8 Å². The van der Waals surface area contributed by atoms with Gasteiger partial charge in [-0.3, -0.25) is 4.79 Å². The van der Waals surface area contributed by atoms with Gasteiger partial charge in [0, 0.05) is 6.07 Å². The summed E-state index contributed by atoms with van der Waals surface area (Å²) in [5, 5.41) is 8.36. The molecule has 0 spiro atoms. The predicted molar refractivity (Wildman–Crippen MR) is 112 cm³/mol. The smallest absolute Gasteiger partial charge is 0.263 e. The Morgan fingerprint density at radius 3 is 2.83 bits per heavy atom. The van der Waals surface area contributed by atoms with Crippen molar-refractivity contribution in [3.8, 4) is 10.9 Å². The van der Waals surface area contributed by atoms with E-state index in [1.165, 1.54) is 23.5 Å². The summed E-state index contributed by atoms with van der Waals surface area (Å²) in [5.41, 5.74) is 2.50. The number of para-hydroxylation sites is 1. The normalized spacial score (nSPS) is 11.0. The quantitative estimate of drug-likeness (QED) is 0.488. The van der Waals surface area contributed by atoms with Crippen LogP contribution in [0.4, 0.5) is 10.2 Å². The number of ether oxygens (including phenoxy) is 1. The molecule has 0 saturated carbocycles. The summed E-state index contributed by atoms with van der Waals surface area (Å²) < 4.78 is 21.3. The van der Waals surface area contributed by atoms with Crippen LogP contribution in [-0.2, 0) is 4.79 Å². The van der Waals surface area contributed by atoms with Crippen LogP contribution in [0.2, 0.25) is 5.02 Å². The molecule has 4 aromatic rings. The highest BCUT2D eigenvalue weighted by Gasteiger charge is 2.17. The molecule has 2 heterocycles. The minimum atomic E-state index is -0.525. The van der Waals surface area contributed by atoms with E-state index in [0.29, 0.717) is 21.7 Å². The van der Waals surface area contributed by atoms with Crippen molar-refractivity contribution in [2.75, 3.05) is 11.9 Å². The Bertz CT molecular complexity index is 1180. The third kappa shape index (κ3) is 3.94. The second kappa shape index (κ2) is 7.81. The molecule has 0 unspecified atom stereocenters. The Morgan fingerprint density at radius 1 is 1.28 bits per heavy atom. The van der Waals surface area contributed by atoms with Crippen LogP contribution in [-0.4, -0.2) is 27.3 Å². The standard InChI is InChI=1S/C20H16ClFN4O2S/c1-11-7-8-13(21)19-18(11)24-20(29-19)26-16(9-12(2)25-26)23-17(27)10-28-15-6-4-3-5-14(15)22/h3-9H,10H2,1-2H3,(H,23,27). The van der Waals surface area contributed by atoms with Crippen molar-refractivity contribution < 1.29 is 13.9 Å². The van der Waals surface area contributed by atoms with E-state index < -0.39 is 11.7 Å². The van der Waals surface area contributed by atoms with Crippen LogP contribution < -0.4 is 10.1 Å². The topological polar surface area (TPSA) is 69.0 Å². The Morgan fingerprint density at radius 2 is 2.07 bits per heavy atom. The number of thiazole rings is 1. The first-order chi connectivity index (χ1) is 13.9. The summed E-state index contributed by atoms with van der Waals surface area (Å²) in [6, 6.07) is 11.4. The highest BCUT2D eigenvalue weighted by Crippen LogP contribution is 2.34. The lowest BCUT2D eigenvalue weighted by Crippen LogP contribution is -2.22. The number of aryl methyl sites for hydroxylation is 2. The number of benzene rings is 2. The lowest BCUT2D eigenvalue weighted by molar-refractivity contribution is -0.118. The van der Waals surface area contributed by atoms with Gasteiger partial charge in [-0.1, -0.05) is 41.1 Å². The summed E-state index contributed by atoms with van der Waals surface area (Å²) in [6.45, 7) is 3.43. The van der Waals surface area contributed by atoms with Crippen LogP contribution in [0.3, 0.4) is 0 Å². The molecule has 29 heavy (non-hydrogen) atoms. The molecule has 0 aliphatic heterocycles. The molecule has 9 heteroatoms. The van der Waals surface area contributed by atoms with Crippen LogP contribution in [0.1, 0.15) is 11.3 Å². The first kappa shape index (κ1) is 19.4. The average Bonchev–Trinajstić information content (AvgIpc) is 3.28. The first-order valence-electron chi connectivity index (χ1n) is 8.72. The number of carbonyl (C=O) groups is 1. The molecule has 148 valence electrons. The van der Waals surface area contributed by atoms with Gasteiger partial charge in [0.2, 0.25) is 5.13 Å². The van der Waals surface area contributed by atoms with E-state index in [0.717, 1.165) is 15.8 Å². The molecule has 0 atom stereocenters. The molecule has 1 amide bonds. The van der Waals surface area contributed by atoms with Gasteiger partial charge in [-0.25, -0.2) is 9.37 Å². The monoisotopic (exact) mass is 430 g/mol. The van der Waals surface area contributed by atoms with Crippen LogP contribution in [0.25, 0.3) is 15.3 Å². The van der Waals surface area contributed by atoms with Crippen molar-refractivity contribution in [2.45, 2.75) is 13.8 Å². The number of rotatable bonds is 5. The highest BCUT2D eigenvalue weighted by atomic mass is 35.5. The first-order valence-corrected chi connectivity index (χ1v) is 9.91. The van der Waals surface area contributed by atoms with E-state index in [9.17, 15) is 9.18 Å². The molecule has 0 aliphatic carbocycles. The number of fused-ring (bicyclic) bond motifs is 1. The van der Waals surface area contributed by atoms with Gasteiger partial charge >= 0.3 is 0 Å². The lowest BCUT2D eigenvalue weighted by Gasteiger charge is -2.08. The van der Waals surface area contributed by atoms with Crippen LogP contribution in [0, 0.1) is 19.7 Å². The predicted octanol–water partition coefficient (Wildman–Crippen LogP) is 4.91. The number of aromatic nitrogens is 3. The largest absolute Gasteiger partial charge is 0.481 e. The Labute approximate surface area is 174 Å². The second-order valence-corrected chi connectivity index (χ2v) is 7.77. The van der Waals surface area contributed by atoms with E-state index in [-0.39, 0.29) is 12.4 Å². The Hall–Kier alpha value is -2.97. The summed E-state index contributed by atoms with van der Waals surface area (Å²) in [7, 11) is 0. The van der Waals surface area contributed by atoms with Crippen LogP contribution in [0.15, 0.2) is 42.5 Å². The van der Waals surface area contributed by atoms with E-state index in [1.807, 2.05) is 26.0 Å². The summed E-state index contributed by atoms with van der Waals surface area (Å²) >= 11 is 7.68. The van der Waals surface area contributed by atoms with Crippen molar-refractivity contribution >= 4 is 44.9 Å². The minimum absolute atomic E-state index is 0.0172. The third-order valence-corrected chi connectivity index (χ3v) is 5.65. The van der Waals surface area contributed by atoms with Gasteiger partial charge in [-0.05, 0) is 37.6 Å². The molecular formula is C20H16ClFN4O2S. The number of halogens is 2. The molecular weight excluding hydrogens is 415 g/mol. The molecule has 0 aliphatic rings. The lowest BCUT2D eigenvalue weighted by atomic mass is 10.2. The molecule has 0 radical (unpaired) electrons. The number of nitrogens with one attached hydrogen (secondary N) is 1. The van der Waals surface area contributed by atoms with Crippen molar-refractivity contribution in [2.24, 2.45) is 0 Å². The van der Waals surface area contributed by atoms with Gasteiger partial charge in [-0.2, -0.15) is 9.78 Å². The second-order valence-electron chi connectivity index (χ2n) is 6.39. The SMILES string of the molecule is Cc1cc(NC(=O)COc2ccccc2F)n(-c2nc3c(C)ccc(Cl)c3s2)n1. The van der Waals surface area contributed by atoms with Gasteiger partial charge in [0.15, 0.2) is 18.2 Å². The van der Waals surface area contributed by atoms with E-state index in [2.05, 4.69) is 15.4 Å². The molecule has 2 aromatic heterocycles. The van der Waals surface area contributed by atoms with Gasteiger partial charge in [0.1, 0.15) is 5.82 Å². The van der Waals surface area contributed by atoms with Gasteiger partial charge in [0.25, 0.3) is 5.91 Å². The Kier molecular flexibility index (Phi) is 5.21. The van der Waals surface area contributed by atoms with Crippen molar-refractivity contribution in [3.63, 3.8) is 0 Å². The molecule has 0 fully saturated rings. The Balaban J connectivity index is 1.57. The fourth-order valence-corrected chi connectivity index (χ4v) is 4.08. The van der Waals surface area contributed by atoms with Crippen molar-refractivity contribution in [3.05, 3.63) is 64.6 Å². The van der Waals surface area contributed by atoms with E-state index in [4.69, 9.17) is 16.3 Å². The fourth-order valence-electron chi connectivity index (χ4n) is 2.80. The van der Waals surface area contributed by atoms with Crippen LogP contribution >= 0.6 is 22.9 Å². The van der Waals surface area contributed by atoms with Crippen LogP contribution in [0.5, 0.6) is 5.75 Å². The number of nitrogens with zero attached hydrogens (tertiary/aromatic N) is 3. The third-order valence-electron chi connectivity index (χ3n) is 4.16. The number of carbonyl (C=O) groups excluding carboxylic acids is 1. The highest BCUT2D eigenvalue weighted by molar-refractivity contribution is 7.21. The number of hydrogen-bond donors (Lipinski definition) is 1. The molecule has 4 rings (SSSR count). The zero-order chi connectivity index (χ0) is 20.5. The average molecular weight is 431 g/mol. The number of hydrogen-bond acceptors (Lipinski definition) is 5. The molecule has 0 saturated heterocycles. The molecule has 6 nitrogen and oxygen atoms in total. The molecule has 0 bridgehead atoms. The fraction of sp³-hybridized carbons (Fsp3) is 0.150. The summed E-state index contributed by atoms with van der Waals surface area (Å²) in [5.74, 6) is -0.506. The number of amides is 1. The van der Waals surface area contributed by atoms with Gasteiger partial charge in [0.05, 0.1) is 20.9 Å².